The average molecular weight is 860 g/mol. The van der Waals surface area contributed by atoms with Crippen LogP contribution >= 0.6 is 0 Å². The van der Waals surface area contributed by atoms with Crippen LogP contribution in [0.1, 0.15) is 46.5 Å². The topological polar surface area (TPSA) is 444 Å². The Labute approximate surface area is 343 Å². The Balaban J connectivity index is 5.29. The van der Waals surface area contributed by atoms with Crippen molar-refractivity contribution in [3.63, 3.8) is 0 Å². The largest absolute Gasteiger partial charge is 0.394 e. The Morgan fingerprint density at radius 2 is 0.950 bits per heavy atom. The molecule has 27 nitrogen and oxygen atoms in total. The van der Waals surface area contributed by atoms with Gasteiger partial charge in [-0.05, 0) is 38.6 Å². The van der Waals surface area contributed by atoms with E-state index in [0.717, 1.165) is 6.92 Å². The summed E-state index contributed by atoms with van der Waals surface area (Å²) in [6.07, 6.45) is -1.68. The Morgan fingerprint density at radius 1 is 0.550 bits per heavy atom. The van der Waals surface area contributed by atoms with E-state index in [1.54, 1.807) is 13.8 Å². The molecule has 0 saturated heterocycles. The van der Waals surface area contributed by atoms with Crippen molar-refractivity contribution in [2.75, 3.05) is 45.9 Å². The van der Waals surface area contributed by atoms with Crippen LogP contribution in [0.2, 0.25) is 0 Å². The molecule has 0 fully saturated rings. The second-order valence-electron chi connectivity index (χ2n) is 13.3. The van der Waals surface area contributed by atoms with Crippen molar-refractivity contribution in [2.24, 2.45) is 23.1 Å². The van der Waals surface area contributed by atoms with Crippen LogP contribution in [0.5, 0.6) is 0 Å². The average Bonchev–Trinajstić information content (AvgIpc) is 3.18. The van der Waals surface area contributed by atoms with Crippen molar-refractivity contribution < 1.29 is 67.7 Å². The Kier molecular flexibility index (Phi) is 25.7. The van der Waals surface area contributed by atoms with Crippen molar-refractivity contribution in [1.29, 1.82) is 0 Å². The minimum atomic E-state index is -1.67. The van der Waals surface area contributed by atoms with E-state index >= 15 is 0 Å². The van der Waals surface area contributed by atoms with Gasteiger partial charge >= 0.3 is 0 Å². The lowest BCUT2D eigenvalue weighted by Gasteiger charge is -2.23. The molecule has 0 aromatic heterocycles. The van der Waals surface area contributed by atoms with Crippen LogP contribution in [0.15, 0.2) is 0 Å². The third-order valence-electron chi connectivity index (χ3n) is 7.92. The summed E-state index contributed by atoms with van der Waals surface area (Å²) in [5.41, 5.74) is 15.6. The summed E-state index contributed by atoms with van der Waals surface area (Å²) in [4.78, 5) is 146. The summed E-state index contributed by atoms with van der Waals surface area (Å²) in [5.74, 6) is -10.2. The van der Waals surface area contributed by atoms with Crippen LogP contribution in [0.3, 0.4) is 0 Å². The lowest BCUT2D eigenvalue weighted by Crippen LogP contribution is -2.57. The number of nitrogens with one attached hydrogen (secondary N) is 10. The van der Waals surface area contributed by atoms with E-state index in [1.807, 2.05) is 0 Å². The first-order valence-corrected chi connectivity index (χ1v) is 18.5. The number of nitrogens with two attached hydrogens (primary N) is 3. The van der Waals surface area contributed by atoms with Crippen LogP contribution in [-0.4, -0.2) is 164 Å². The van der Waals surface area contributed by atoms with Gasteiger partial charge in [-0.2, -0.15) is 0 Å². The van der Waals surface area contributed by atoms with Gasteiger partial charge in [0.2, 0.25) is 71.4 Å². The summed E-state index contributed by atoms with van der Waals surface area (Å²) in [5, 5.41) is 41.9. The van der Waals surface area contributed by atoms with Crippen molar-refractivity contribution in [1.82, 2.24) is 53.2 Å². The third kappa shape index (κ3) is 22.5. The molecule has 18 N–H and O–H groups in total. The molecule has 0 rings (SSSR count). The van der Waals surface area contributed by atoms with Gasteiger partial charge in [-0.15, -0.1) is 0 Å². The maximum Gasteiger partial charge on any atom is 0.245 e. The van der Waals surface area contributed by atoms with Crippen molar-refractivity contribution in [3.8, 4) is 0 Å². The quantitative estimate of drug-likeness (QED) is 0.0298. The molecule has 60 heavy (non-hydrogen) atoms. The second kappa shape index (κ2) is 28.8. The summed E-state index contributed by atoms with van der Waals surface area (Å²) in [6.45, 7) is 0.240. The summed E-state index contributed by atoms with van der Waals surface area (Å²) < 4.78 is 0. The molecule has 27 heteroatoms. The number of hydrogen-bond acceptors (Lipinski definition) is 15. The molecular formula is C33H57N13O14. The molecule has 0 aromatic carbocycles. The van der Waals surface area contributed by atoms with E-state index < -0.39 is 141 Å². The Hall–Kier alpha value is -6.48. The smallest absolute Gasteiger partial charge is 0.245 e. The Morgan fingerprint density at radius 3 is 1.35 bits per heavy atom. The number of carbonyl (C=O) groups excluding carboxylic acids is 12. The lowest BCUT2D eigenvalue weighted by atomic mass is 10.0. The number of rotatable bonds is 30. The molecule has 0 aliphatic carbocycles. The van der Waals surface area contributed by atoms with E-state index in [2.05, 4.69) is 53.2 Å². The number of hydrogen-bond donors (Lipinski definition) is 15. The first-order chi connectivity index (χ1) is 28.2. The number of aliphatic hydroxyl groups is 2. The third-order valence-corrected chi connectivity index (χ3v) is 7.92. The van der Waals surface area contributed by atoms with Gasteiger partial charge < -0.3 is 80.6 Å². The van der Waals surface area contributed by atoms with Crippen LogP contribution in [0, 0.1) is 5.92 Å². The highest BCUT2D eigenvalue weighted by Gasteiger charge is 2.29. The number of primary amides is 2. The zero-order valence-electron chi connectivity index (χ0n) is 33.4. The number of aliphatic hydroxyl groups excluding tert-OH is 2. The molecule has 0 aliphatic heterocycles. The zero-order chi connectivity index (χ0) is 45.9. The number of carbonyl (C=O) groups is 12. The predicted molar refractivity (Wildman–Crippen MR) is 205 cm³/mol. The molecular weight excluding hydrogens is 802 g/mol. The Bertz CT molecular complexity index is 1540. The standard InChI is InChI=1S/C33H57N13O14/c1-16(2)27(42-15-48)32(59)40-11-24(53)44-19(6-7-21(35)50)30(57)39-13-26(55)46-28(17(3)49)33(60)41-12-23(52)43-18(5-4-8-34)29(56)38-10-25(54)45-20(14-47)31(58)37-9-22(36)51/h15-20,27-28,47,49H,4-14,34H2,1-3H3,(H2,35,50)(H2,36,51)(H,37,58)(H,38,56)(H,39,57)(H,40,59)(H,41,60)(H,42,48)(H,43,52)(H,44,53)(H,45,54)(H,46,55). The van der Waals surface area contributed by atoms with E-state index in [0.29, 0.717) is 6.41 Å². The van der Waals surface area contributed by atoms with E-state index in [9.17, 15) is 67.7 Å². The fraction of sp³-hybridized carbons (Fsp3) is 0.636. The van der Waals surface area contributed by atoms with Crippen molar-refractivity contribution in [3.05, 3.63) is 0 Å². The van der Waals surface area contributed by atoms with Crippen LogP contribution < -0.4 is 70.4 Å². The van der Waals surface area contributed by atoms with Crippen LogP contribution in [-0.2, 0) is 57.5 Å². The lowest BCUT2D eigenvalue weighted by molar-refractivity contribution is -0.134. The predicted octanol–water partition coefficient (Wildman–Crippen LogP) is -9.86. The molecule has 0 aromatic rings. The highest BCUT2D eigenvalue weighted by molar-refractivity contribution is 5.96. The first-order valence-electron chi connectivity index (χ1n) is 18.5. The fourth-order valence-electron chi connectivity index (χ4n) is 4.78. The molecule has 0 saturated carbocycles. The van der Waals surface area contributed by atoms with Gasteiger partial charge in [-0.1, -0.05) is 13.8 Å². The fourth-order valence-corrected chi connectivity index (χ4v) is 4.78. The zero-order valence-corrected chi connectivity index (χ0v) is 33.4. The van der Waals surface area contributed by atoms with Crippen molar-refractivity contribution >= 4 is 71.4 Å². The van der Waals surface area contributed by atoms with E-state index in [4.69, 9.17) is 17.2 Å². The molecule has 12 amide bonds. The van der Waals surface area contributed by atoms with E-state index in [1.165, 1.54) is 0 Å². The van der Waals surface area contributed by atoms with Crippen LogP contribution in [0.4, 0.5) is 0 Å². The van der Waals surface area contributed by atoms with Gasteiger partial charge in [0.15, 0.2) is 0 Å². The molecule has 6 unspecified atom stereocenters. The molecule has 0 radical (unpaired) electrons. The summed E-state index contributed by atoms with van der Waals surface area (Å²) >= 11 is 0. The first kappa shape index (κ1) is 53.5. The van der Waals surface area contributed by atoms with Crippen molar-refractivity contribution in [2.45, 2.75) is 82.8 Å². The maximum absolute atomic E-state index is 12.9. The number of amides is 12. The summed E-state index contributed by atoms with van der Waals surface area (Å²) in [7, 11) is 0. The van der Waals surface area contributed by atoms with Gasteiger partial charge in [0, 0.05) is 6.42 Å². The normalized spacial score (nSPS) is 13.6. The van der Waals surface area contributed by atoms with Gasteiger partial charge in [0.1, 0.15) is 30.2 Å². The molecule has 338 valence electrons. The highest BCUT2D eigenvalue weighted by Crippen LogP contribution is 2.02. The molecule has 6 atom stereocenters. The van der Waals surface area contributed by atoms with Gasteiger partial charge in [-0.25, -0.2) is 0 Å². The second-order valence-corrected chi connectivity index (χ2v) is 13.3. The maximum atomic E-state index is 12.9. The highest BCUT2D eigenvalue weighted by atomic mass is 16.3. The van der Waals surface area contributed by atoms with Gasteiger partial charge in [0.25, 0.3) is 0 Å². The molecule has 0 spiro atoms. The van der Waals surface area contributed by atoms with Gasteiger partial charge in [-0.3, -0.25) is 57.5 Å². The van der Waals surface area contributed by atoms with E-state index in [-0.39, 0.29) is 38.1 Å². The molecule has 0 bridgehead atoms. The molecule has 0 aliphatic rings. The minimum absolute atomic E-state index is 0.0148. The summed E-state index contributed by atoms with van der Waals surface area (Å²) in [6, 6.07) is -6.79. The monoisotopic (exact) mass is 859 g/mol. The SMILES string of the molecule is CC(C)C(NC=O)C(=O)NCC(=O)NC(CCC(N)=O)C(=O)NCC(=O)NC(C(=O)NCC(=O)NC(CCCN)C(=O)NCC(=O)NC(CO)C(=O)NCC(N)=O)C(C)O. The minimum Gasteiger partial charge on any atom is -0.394 e. The van der Waals surface area contributed by atoms with Crippen LogP contribution in [0.25, 0.3) is 0 Å². The van der Waals surface area contributed by atoms with Gasteiger partial charge in [0.05, 0.1) is 45.4 Å². The molecule has 0 heterocycles.